The molecule has 182 valence electrons. The molecule has 0 amide bonds. The van der Waals surface area contributed by atoms with Gasteiger partial charge < -0.3 is 20.5 Å². The number of fused-ring (bicyclic) bond motifs is 5. The lowest BCUT2D eigenvalue weighted by Crippen LogP contribution is -2.59. The highest BCUT2D eigenvalue weighted by atomic mass is 19.1. The van der Waals surface area contributed by atoms with Crippen molar-refractivity contribution in [1.82, 2.24) is 19.9 Å². The van der Waals surface area contributed by atoms with Crippen molar-refractivity contribution in [1.29, 1.82) is 0 Å². The minimum atomic E-state index is -0.387. The van der Waals surface area contributed by atoms with Gasteiger partial charge in [0, 0.05) is 24.2 Å². The monoisotopic (exact) mass is 478 g/mol. The average molecular weight is 479 g/mol. The van der Waals surface area contributed by atoms with Crippen LogP contribution in [-0.2, 0) is 22.5 Å². The molecule has 7 rings (SSSR count). The second-order valence-corrected chi connectivity index (χ2v) is 9.58. The molecule has 1 saturated carbocycles. The van der Waals surface area contributed by atoms with E-state index in [2.05, 4.69) is 25.2 Å². The van der Waals surface area contributed by atoms with Crippen LogP contribution in [0.15, 0.2) is 30.5 Å². The maximum absolute atomic E-state index is 14.9. The number of aromatic nitrogens is 3. The number of nitrogens with two attached hydrogens (primary N) is 1. The highest BCUT2D eigenvalue weighted by Gasteiger charge is 2.45. The van der Waals surface area contributed by atoms with Crippen LogP contribution in [0.1, 0.15) is 36.9 Å². The van der Waals surface area contributed by atoms with E-state index in [4.69, 9.17) is 15.2 Å². The molecule has 2 bridgehead atoms. The maximum Gasteiger partial charge on any atom is 0.332 e. The van der Waals surface area contributed by atoms with Gasteiger partial charge >= 0.3 is 5.97 Å². The Morgan fingerprint density at radius 2 is 2.06 bits per heavy atom. The molecule has 0 atom stereocenters. The van der Waals surface area contributed by atoms with Gasteiger partial charge in [0.15, 0.2) is 0 Å². The zero-order valence-electron chi connectivity index (χ0n) is 19.3. The first-order valence-corrected chi connectivity index (χ1v) is 12.0. The van der Waals surface area contributed by atoms with Crippen LogP contribution in [-0.4, -0.2) is 57.2 Å². The van der Waals surface area contributed by atoms with E-state index in [1.165, 1.54) is 6.20 Å². The lowest BCUT2D eigenvalue weighted by atomic mass is 9.76. The Morgan fingerprint density at radius 3 is 2.86 bits per heavy atom. The third-order valence-corrected chi connectivity index (χ3v) is 7.44. The summed E-state index contributed by atoms with van der Waals surface area (Å²) in [6, 6.07) is 7.26. The number of pyridine rings is 3. The van der Waals surface area contributed by atoms with Crippen molar-refractivity contribution in [2.75, 3.05) is 30.7 Å². The summed E-state index contributed by atoms with van der Waals surface area (Å²) in [6.45, 7) is 1.88. The fraction of sp³-hybridized carbons (Fsp3) is 0.440. The molecule has 3 aliphatic heterocycles. The molecule has 3 N–H and O–H groups in total. The van der Waals surface area contributed by atoms with E-state index in [1.807, 2.05) is 12.1 Å². The van der Waals surface area contributed by atoms with E-state index in [0.717, 1.165) is 31.4 Å². The second-order valence-electron chi connectivity index (χ2n) is 9.58. The number of carbonyl (C=O) groups is 1. The highest BCUT2D eigenvalue weighted by molar-refractivity contribution is 5.82. The van der Waals surface area contributed by atoms with Crippen molar-refractivity contribution in [3.8, 4) is 5.88 Å². The predicted molar refractivity (Wildman–Crippen MR) is 127 cm³/mol. The lowest BCUT2D eigenvalue weighted by molar-refractivity contribution is -0.138. The molecule has 35 heavy (non-hydrogen) atoms. The van der Waals surface area contributed by atoms with Crippen LogP contribution in [0.3, 0.4) is 0 Å². The van der Waals surface area contributed by atoms with Gasteiger partial charge in [-0.15, -0.1) is 0 Å². The molecular formula is C25H27FN6O3. The van der Waals surface area contributed by atoms with E-state index in [9.17, 15) is 9.18 Å². The van der Waals surface area contributed by atoms with Crippen molar-refractivity contribution < 1.29 is 18.7 Å². The van der Waals surface area contributed by atoms with E-state index in [1.54, 1.807) is 12.1 Å². The van der Waals surface area contributed by atoms with Gasteiger partial charge in [-0.1, -0.05) is 0 Å². The summed E-state index contributed by atoms with van der Waals surface area (Å²) in [5.41, 5.74) is 8.85. The van der Waals surface area contributed by atoms with Gasteiger partial charge in [-0.05, 0) is 56.4 Å². The molecule has 0 aromatic carbocycles. The summed E-state index contributed by atoms with van der Waals surface area (Å²) in [7, 11) is 0. The number of rotatable bonds is 6. The SMILES string of the molecule is Nc1ccc2ncc(F)c(CCN(Cc3ccc4c(n3)OC(=O)CN4)C34CCC(CC3)OC4)c2n1. The number of nitrogen functional groups attached to an aromatic ring is 1. The van der Waals surface area contributed by atoms with Crippen LogP contribution in [0, 0.1) is 5.82 Å². The van der Waals surface area contributed by atoms with E-state index < -0.39 is 0 Å². The zero-order chi connectivity index (χ0) is 24.0. The number of nitrogens with one attached hydrogen (secondary N) is 1. The number of nitrogens with zero attached hydrogens (tertiary/aromatic N) is 4. The van der Waals surface area contributed by atoms with Crippen LogP contribution < -0.4 is 15.8 Å². The van der Waals surface area contributed by atoms with Crippen molar-refractivity contribution >= 4 is 28.5 Å². The molecule has 1 aliphatic carbocycles. The fourth-order valence-corrected chi connectivity index (χ4v) is 5.49. The van der Waals surface area contributed by atoms with Gasteiger partial charge in [0.2, 0.25) is 5.88 Å². The molecule has 3 fully saturated rings. The smallest absolute Gasteiger partial charge is 0.332 e. The second kappa shape index (κ2) is 8.69. The Bertz CT molecular complexity index is 1270. The fourth-order valence-electron chi connectivity index (χ4n) is 5.49. The minimum Gasteiger partial charge on any atom is -0.404 e. The van der Waals surface area contributed by atoms with Gasteiger partial charge in [-0.3, -0.25) is 9.88 Å². The third kappa shape index (κ3) is 4.17. The Hall–Kier alpha value is -3.37. The lowest BCUT2D eigenvalue weighted by Gasteiger charge is -2.52. The largest absolute Gasteiger partial charge is 0.404 e. The normalized spacial score (nSPS) is 23.3. The van der Waals surface area contributed by atoms with Gasteiger partial charge in [0.1, 0.15) is 18.2 Å². The molecule has 4 aliphatic rings. The van der Waals surface area contributed by atoms with Crippen molar-refractivity contribution in [2.45, 2.75) is 50.3 Å². The molecule has 3 aromatic rings. The molecule has 3 aromatic heterocycles. The molecule has 0 spiro atoms. The molecule has 0 unspecified atom stereocenters. The van der Waals surface area contributed by atoms with Crippen LogP contribution in [0.25, 0.3) is 11.0 Å². The summed E-state index contributed by atoms with van der Waals surface area (Å²) >= 11 is 0. The van der Waals surface area contributed by atoms with Gasteiger partial charge in [-0.2, -0.15) is 0 Å². The summed E-state index contributed by atoms with van der Waals surface area (Å²) in [4.78, 5) is 27.2. The third-order valence-electron chi connectivity index (χ3n) is 7.44. The number of hydrogen-bond donors (Lipinski definition) is 2. The number of carbonyl (C=O) groups excluding carboxylic acids is 1. The summed E-state index contributed by atoms with van der Waals surface area (Å²) < 4.78 is 26.4. The van der Waals surface area contributed by atoms with Crippen molar-refractivity contribution in [2.24, 2.45) is 0 Å². The van der Waals surface area contributed by atoms with E-state index in [0.29, 0.717) is 66.2 Å². The predicted octanol–water partition coefficient (Wildman–Crippen LogP) is 2.83. The Kier molecular flexibility index (Phi) is 5.49. The van der Waals surface area contributed by atoms with Gasteiger partial charge in [-0.25, -0.2) is 19.2 Å². The minimum absolute atomic E-state index is 0.131. The van der Waals surface area contributed by atoms with Gasteiger partial charge in [0.25, 0.3) is 0 Å². The van der Waals surface area contributed by atoms with Crippen LogP contribution in [0.5, 0.6) is 5.88 Å². The number of anilines is 2. The molecular weight excluding hydrogens is 451 g/mol. The zero-order valence-corrected chi connectivity index (χ0v) is 19.3. The van der Waals surface area contributed by atoms with E-state index in [-0.39, 0.29) is 23.9 Å². The molecule has 6 heterocycles. The van der Waals surface area contributed by atoms with Gasteiger partial charge in [0.05, 0.1) is 41.3 Å². The number of halogens is 1. The maximum atomic E-state index is 14.9. The van der Waals surface area contributed by atoms with Crippen LogP contribution in [0.2, 0.25) is 0 Å². The average Bonchev–Trinajstić information content (AvgIpc) is 2.88. The van der Waals surface area contributed by atoms with E-state index >= 15 is 0 Å². The molecule has 10 heteroatoms. The quantitative estimate of drug-likeness (QED) is 0.516. The summed E-state index contributed by atoms with van der Waals surface area (Å²) in [6.07, 6.45) is 6.09. The molecule has 9 nitrogen and oxygen atoms in total. The number of hydrogen-bond acceptors (Lipinski definition) is 9. The molecule has 0 radical (unpaired) electrons. The number of ether oxygens (including phenoxy) is 2. The Morgan fingerprint density at radius 1 is 1.20 bits per heavy atom. The standard InChI is InChI=1S/C25H27FN6O3/c26-18-11-28-19-3-4-21(27)31-23(19)17(18)7-10-32(25-8-5-16(6-9-25)34-14-25)13-15-1-2-20-24(30-15)35-22(33)12-29-20/h1-4,11,16,29H,5-10,12-14H2,(H2,27,31). The van der Waals surface area contributed by atoms with Crippen molar-refractivity contribution in [3.63, 3.8) is 0 Å². The van der Waals surface area contributed by atoms with Crippen LogP contribution >= 0.6 is 0 Å². The Balaban J connectivity index is 1.31. The first-order valence-electron chi connectivity index (χ1n) is 12.0. The molecule has 2 saturated heterocycles. The van der Waals surface area contributed by atoms with Crippen LogP contribution in [0.4, 0.5) is 15.9 Å². The summed E-state index contributed by atoms with van der Waals surface area (Å²) in [5.74, 6) is -0.113. The first kappa shape index (κ1) is 22.1. The number of esters is 1. The summed E-state index contributed by atoms with van der Waals surface area (Å²) in [5, 5.41) is 3.02. The topological polar surface area (TPSA) is 115 Å². The Labute approximate surface area is 201 Å². The first-order chi connectivity index (χ1) is 17.0. The van der Waals surface area contributed by atoms with Crippen molar-refractivity contribution in [3.05, 3.63) is 47.5 Å². The highest BCUT2D eigenvalue weighted by Crippen LogP contribution is 2.41.